The molecule has 20 heavy (non-hydrogen) atoms. The molecule has 6 heteroatoms. The van der Waals surface area contributed by atoms with Crippen LogP contribution in [0.3, 0.4) is 0 Å². The van der Waals surface area contributed by atoms with Crippen LogP contribution in [-0.4, -0.2) is 47.6 Å². The Morgan fingerprint density at radius 1 is 1.50 bits per heavy atom. The number of carbonyl (C=O) groups is 2. The van der Waals surface area contributed by atoms with E-state index in [4.69, 9.17) is 5.73 Å². The molecule has 1 heterocycles. The van der Waals surface area contributed by atoms with Gasteiger partial charge in [-0.15, -0.1) is 0 Å². The topological polar surface area (TPSA) is 95.7 Å². The molecule has 6 nitrogen and oxygen atoms in total. The molecule has 0 aromatic heterocycles. The molecule has 1 unspecified atom stereocenters. The molecule has 4 N–H and O–H groups in total. The number of aliphatic carboxylic acids is 1. The van der Waals surface area contributed by atoms with E-state index in [0.29, 0.717) is 25.2 Å². The third-order valence-corrected chi connectivity index (χ3v) is 3.64. The summed E-state index contributed by atoms with van der Waals surface area (Å²) in [5.74, 6) is -1.27. The molecule has 1 atom stereocenters. The summed E-state index contributed by atoms with van der Waals surface area (Å²) in [7, 11) is 0. The second-order valence-corrected chi connectivity index (χ2v) is 5.03. The van der Waals surface area contributed by atoms with Crippen LogP contribution in [0.1, 0.15) is 21.5 Å². The van der Waals surface area contributed by atoms with Crippen molar-refractivity contribution in [2.75, 3.05) is 19.6 Å². The van der Waals surface area contributed by atoms with Crippen LogP contribution in [0.15, 0.2) is 18.2 Å². The van der Waals surface area contributed by atoms with Gasteiger partial charge in [0.2, 0.25) is 5.91 Å². The number of carbonyl (C=O) groups excluding carboxylic acids is 1. The first kappa shape index (κ1) is 14.5. The standard InChI is InChI=1S/C14H19N3O3/c1-9-6-10(13(15)18)2-3-11(9)8-17-5-4-16-7-12(17)14(19)20/h2-3,6,12,16H,4-5,7-8H2,1H3,(H2,15,18)(H,19,20). The van der Waals surface area contributed by atoms with Gasteiger partial charge in [-0.05, 0) is 30.2 Å². The van der Waals surface area contributed by atoms with E-state index in [1.54, 1.807) is 12.1 Å². The summed E-state index contributed by atoms with van der Waals surface area (Å²) in [6, 6.07) is 4.76. The monoisotopic (exact) mass is 277 g/mol. The number of nitrogens with zero attached hydrogens (tertiary/aromatic N) is 1. The lowest BCUT2D eigenvalue weighted by atomic mass is 10.0. The van der Waals surface area contributed by atoms with Gasteiger partial charge in [-0.1, -0.05) is 6.07 Å². The fraction of sp³-hybridized carbons (Fsp3) is 0.429. The zero-order valence-electron chi connectivity index (χ0n) is 11.4. The lowest BCUT2D eigenvalue weighted by molar-refractivity contribution is -0.144. The van der Waals surface area contributed by atoms with Crippen LogP contribution in [0.25, 0.3) is 0 Å². The highest BCUT2D eigenvalue weighted by molar-refractivity contribution is 5.93. The van der Waals surface area contributed by atoms with Gasteiger partial charge in [0.1, 0.15) is 6.04 Å². The van der Waals surface area contributed by atoms with Crippen molar-refractivity contribution < 1.29 is 14.7 Å². The number of nitrogens with two attached hydrogens (primary N) is 1. The number of nitrogens with one attached hydrogen (secondary N) is 1. The van der Waals surface area contributed by atoms with Crippen molar-refractivity contribution in [1.82, 2.24) is 10.2 Å². The van der Waals surface area contributed by atoms with E-state index in [9.17, 15) is 14.7 Å². The Labute approximate surface area is 117 Å². The zero-order valence-corrected chi connectivity index (χ0v) is 11.4. The molecule has 1 fully saturated rings. The van der Waals surface area contributed by atoms with Crippen molar-refractivity contribution in [3.63, 3.8) is 0 Å². The minimum absolute atomic E-state index is 0.452. The normalized spacial score (nSPS) is 19.8. The smallest absolute Gasteiger partial charge is 0.322 e. The van der Waals surface area contributed by atoms with Gasteiger partial charge in [0.15, 0.2) is 0 Å². The third-order valence-electron chi connectivity index (χ3n) is 3.64. The maximum Gasteiger partial charge on any atom is 0.322 e. The predicted molar refractivity (Wildman–Crippen MR) is 74.4 cm³/mol. The van der Waals surface area contributed by atoms with Gasteiger partial charge in [-0.3, -0.25) is 14.5 Å². The van der Waals surface area contributed by atoms with Crippen molar-refractivity contribution in [3.8, 4) is 0 Å². The molecule has 1 aromatic rings. The van der Waals surface area contributed by atoms with Crippen molar-refractivity contribution >= 4 is 11.9 Å². The van der Waals surface area contributed by atoms with Crippen LogP contribution in [-0.2, 0) is 11.3 Å². The number of carboxylic acids is 1. The van der Waals surface area contributed by atoms with Crippen LogP contribution in [0.4, 0.5) is 0 Å². The molecule has 0 spiro atoms. The summed E-state index contributed by atoms with van der Waals surface area (Å²) < 4.78 is 0. The molecule has 1 aliphatic rings. The summed E-state index contributed by atoms with van der Waals surface area (Å²) in [5, 5.41) is 12.3. The fourth-order valence-corrected chi connectivity index (χ4v) is 2.42. The van der Waals surface area contributed by atoms with E-state index in [-0.39, 0.29) is 0 Å². The second kappa shape index (κ2) is 6.02. The molecule has 108 valence electrons. The number of amides is 1. The van der Waals surface area contributed by atoms with Gasteiger partial charge in [-0.2, -0.15) is 0 Å². The van der Waals surface area contributed by atoms with E-state index < -0.39 is 17.9 Å². The number of hydrogen-bond acceptors (Lipinski definition) is 4. The van der Waals surface area contributed by atoms with Crippen LogP contribution in [0.2, 0.25) is 0 Å². The molecule has 1 aliphatic heterocycles. The summed E-state index contributed by atoms with van der Waals surface area (Å²) >= 11 is 0. The number of aryl methyl sites for hydroxylation is 1. The van der Waals surface area contributed by atoms with Crippen LogP contribution >= 0.6 is 0 Å². The molecule has 0 bridgehead atoms. The minimum atomic E-state index is -0.816. The third kappa shape index (κ3) is 3.15. The molecule has 2 rings (SSSR count). The summed E-state index contributed by atoms with van der Waals surface area (Å²) in [4.78, 5) is 24.3. The molecular weight excluding hydrogens is 258 g/mol. The Balaban J connectivity index is 2.16. The predicted octanol–water partition coefficient (Wildman–Crippen LogP) is -0.0477. The molecule has 1 amide bonds. The lowest BCUT2D eigenvalue weighted by Crippen LogP contribution is -2.54. The van der Waals surface area contributed by atoms with Crippen LogP contribution in [0.5, 0.6) is 0 Å². The molecule has 1 saturated heterocycles. The van der Waals surface area contributed by atoms with E-state index in [0.717, 1.165) is 17.7 Å². The minimum Gasteiger partial charge on any atom is -0.480 e. The molecule has 0 radical (unpaired) electrons. The van der Waals surface area contributed by atoms with Gasteiger partial charge in [0.25, 0.3) is 0 Å². The number of primary amides is 1. The Kier molecular flexibility index (Phi) is 4.36. The van der Waals surface area contributed by atoms with Crippen LogP contribution in [0, 0.1) is 6.92 Å². The van der Waals surface area contributed by atoms with Crippen molar-refractivity contribution in [1.29, 1.82) is 0 Å². The van der Waals surface area contributed by atoms with Crippen LogP contribution < -0.4 is 11.1 Å². The van der Waals surface area contributed by atoms with Gasteiger partial charge in [0, 0.05) is 31.7 Å². The SMILES string of the molecule is Cc1cc(C(N)=O)ccc1CN1CCNCC1C(=O)O. The first-order chi connectivity index (χ1) is 9.49. The van der Waals surface area contributed by atoms with Gasteiger partial charge in [-0.25, -0.2) is 0 Å². The Bertz CT molecular complexity index is 530. The van der Waals surface area contributed by atoms with E-state index in [1.807, 2.05) is 17.9 Å². The van der Waals surface area contributed by atoms with Gasteiger partial charge in [0.05, 0.1) is 0 Å². The molecule has 0 saturated carbocycles. The number of carboxylic acid groups (broad SMARTS) is 1. The number of hydrogen-bond donors (Lipinski definition) is 3. The number of rotatable bonds is 4. The highest BCUT2D eigenvalue weighted by atomic mass is 16.4. The Morgan fingerprint density at radius 2 is 2.25 bits per heavy atom. The van der Waals surface area contributed by atoms with Gasteiger partial charge >= 0.3 is 5.97 Å². The zero-order chi connectivity index (χ0) is 14.7. The molecule has 0 aliphatic carbocycles. The highest BCUT2D eigenvalue weighted by Gasteiger charge is 2.28. The number of piperazine rings is 1. The van der Waals surface area contributed by atoms with Crippen molar-refractivity contribution in [3.05, 3.63) is 34.9 Å². The maximum atomic E-state index is 11.2. The number of benzene rings is 1. The summed E-state index contributed by atoms with van der Waals surface area (Å²) in [6.45, 7) is 4.38. The Morgan fingerprint density at radius 3 is 2.85 bits per heavy atom. The largest absolute Gasteiger partial charge is 0.480 e. The van der Waals surface area contributed by atoms with E-state index in [2.05, 4.69) is 5.32 Å². The van der Waals surface area contributed by atoms with E-state index in [1.165, 1.54) is 0 Å². The van der Waals surface area contributed by atoms with E-state index >= 15 is 0 Å². The summed E-state index contributed by atoms with van der Waals surface area (Å²) in [6.07, 6.45) is 0. The quantitative estimate of drug-likeness (QED) is 0.717. The lowest BCUT2D eigenvalue weighted by Gasteiger charge is -2.33. The first-order valence-electron chi connectivity index (χ1n) is 6.56. The van der Waals surface area contributed by atoms with Crippen molar-refractivity contribution in [2.24, 2.45) is 5.73 Å². The highest BCUT2D eigenvalue weighted by Crippen LogP contribution is 2.16. The average Bonchev–Trinajstić information content (AvgIpc) is 2.41. The average molecular weight is 277 g/mol. The Hall–Kier alpha value is -1.92. The fourth-order valence-electron chi connectivity index (χ4n) is 2.42. The first-order valence-corrected chi connectivity index (χ1v) is 6.56. The maximum absolute atomic E-state index is 11.2. The molecular formula is C14H19N3O3. The second-order valence-electron chi connectivity index (χ2n) is 5.03. The summed E-state index contributed by atoms with van der Waals surface area (Å²) in [5.41, 5.74) is 7.68. The van der Waals surface area contributed by atoms with Crippen molar-refractivity contribution in [2.45, 2.75) is 19.5 Å². The molecule has 1 aromatic carbocycles. The van der Waals surface area contributed by atoms with Gasteiger partial charge < -0.3 is 16.2 Å².